The number of benzene rings is 2. The van der Waals surface area contributed by atoms with Gasteiger partial charge in [-0.25, -0.2) is 17.6 Å². The summed E-state index contributed by atoms with van der Waals surface area (Å²) < 4.78 is 45.6. The zero-order chi connectivity index (χ0) is 22.6. The van der Waals surface area contributed by atoms with E-state index >= 15 is 0 Å². The van der Waals surface area contributed by atoms with Gasteiger partial charge in [-0.2, -0.15) is 4.31 Å². The lowest BCUT2D eigenvalue weighted by atomic mass is 10.2. The van der Waals surface area contributed by atoms with Crippen molar-refractivity contribution >= 4 is 50.8 Å². The number of hydrogen-bond donors (Lipinski definition) is 1. The van der Waals surface area contributed by atoms with Crippen LogP contribution in [-0.4, -0.2) is 44.3 Å². The van der Waals surface area contributed by atoms with Gasteiger partial charge < -0.3 is 10.1 Å². The molecule has 1 aliphatic rings. The molecule has 0 saturated carbocycles. The average Bonchev–Trinajstić information content (AvgIpc) is 2.75. The first-order chi connectivity index (χ1) is 14.7. The molecular formula is C20H19Cl2FN2O5S. The molecule has 31 heavy (non-hydrogen) atoms. The number of anilines is 1. The molecular weight excluding hydrogens is 470 g/mol. The van der Waals surface area contributed by atoms with E-state index in [0.717, 1.165) is 31.4 Å². The number of carbonyl (C=O) groups is 2. The molecule has 3 rings (SSSR count). The molecule has 0 radical (unpaired) electrons. The Balaban J connectivity index is 1.69. The maximum atomic E-state index is 13.7. The minimum absolute atomic E-state index is 0.0242. The lowest BCUT2D eigenvalue weighted by Gasteiger charge is -2.26. The van der Waals surface area contributed by atoms with E-state index in [1.54, 1.807) is 0 Å². The Kier molecular flexibility index (Phi) is 7.53. The highest BCUT2D eigenvalue weighted by molar-refractivity contribution is 7.89. The summed E-state index contributed by atoms with van der Waals surface area (Å²) in [6, 6.07) is 7.34. The molecule has 1 N–H and O–H groups in total. The third-order valence-corrected chi connectivity index (χ3v) is 7.11. The van der Waals surface area contributed by atoms with Crippen molar-refractivity contribution in [2.24, 2.45) is 0 Å². The third-order valence-electron chi connectivity index (χ3n) is 4.65. The summed E-state index contributed by atoms with van der Waals surface area (Å²) in [6.45, 7) is 0.0835. The minimum atomic E-state index is -3.78. The summed E-state index contributed by atoms with van der Waals surface area (Å²) in [6.07, 6.45) is 2.50. The van der Waals surface area contributed by atoms with E-state index in [1.807, 2.05) is 0 Å². The van der Waals surface area contributed by atoms with E-state index in [9.17, 15) is 22.4 Å². The third kappa shape index (κ3) is 5.74. The molecule has 2 aromatic rings. The van der Waals surface area contributed by atoms with Gasteiger partial charge in [0.25, 0.3) is 5.91 Å². The van der Waals surface area contributed by atoms with Crippen LogP contribution < -0.4 is 5.32 Å². The Morgan fingerprint density at radius 3 is 2.48 bits per heavy atom. The normalized spacial score (nSPS) is 14.8. The van der Waals surface area contributed by atoms with E-state index < -0.39 is 34.3 Å². The first-order valence-corrected chi connectivity index (χ1v) is 11.6. The molecule has 1 fully saturated rings. The van der Waals surface area contributed by atoms with Crippen LogP contribution >= 0.6 is 23.2 Å². The maximum Gasteiger partial charge on any atom is 0.340 e. The van der Waals surface area contributed by atoms with Crippen molar-refractivity contribution in [3.8, 4) is 0 Å². The molecule has 166 valence electrons. The second-order valence-corrected chi connectivity index (χ2v) is 9.64. The molecule has 1 aliphatic heterocycles. The van der Waals surface area contributed by atoms with Crippen molar-refractivity contribution in [1.29, 1.82) is 0 Å². The largest absolute Gasteiger partial charge is 0.452 e. The molecule has 0 spiro atoms. The summed E-state index contributed by atoms with van der Waals surface area (Å²) in [5.41, 5.74) is -0.359. The summed E-state index contributed by atoms with van der Waals surface area (Å²) >= 11 is 11.8. The van der Waals surface area contributed by atoms with Gasteiger partial charge in [0.05, 0.1) is 21.2 Å². The monoisotopic (exact) mass is 488 g/mol. The quantitative estimate of drug-likeness (QED) is 0.617. The molecule has 1 amide bonds. The van der Waals surface area contributed by atoms with Crippen LogP contribution in [0.15, 0.2) is 41.3 Å². The highest BCUT2D eigenvalue weighted by Gasteiger charge is 2.27. The molecule has 1 saturated heterocycles. The Morgan fingerprint density at radius 2 is 1.77 bits per heavy atom. The first kappa shape index (κ1) is 23.5. The first-order valence-electron chi connectivity index (χ1n) is 9.40. The van der Waals surface area contributed by atoms with Crippen molar-refractivity contribution in [2.45, 2.75) is 24.2 Å². The number of nitrogens with one attached hydrogen (secondary N) is 1. The molecule has 0 unspecified atom stereocenters. The highest BCUT2D eigenvalue weighted by Crippen LogP contribution is 2.26. The summed E-state index contributed by atoms with van der Waals surface area (Å²) in [7, 11) is -3.78. The van der Waals surface area contributed by atoms with Gasteiger partial charge in [-0.15, -0.1) is 0 Å². The van der Waals surface area contributed by atoms with Gasteiger partial charge in [-0.1, -0.05) is 29.6 Å². The summed E-state index contributed by atoms with van der Waals surface area (Å²) in [5, 5.41) is 2.43. The highest BCUT2D eigenvalue weighted by atomic mass is 35.5. The molecule has 0 bridgehead atoms. The number of ether oxygens (including phenoxy) is 1. The van der Waals surface area contributed by atoms with E-state index in [2.05, 4.69) is 5.32 Å². The Labute approximate surface area is 189 Å². The van der Waals surface area contributed by atoms with Crippen LogP contribution in [0.2, 0.25) is 10.0 Å². The molecule has 7 nitrogen and oxygen atoms in total. The topological polar surface area (TPSA) is 92.8 Å². The standard InChI is InChI=1S/C20H19Cl2FN2O5S/c21-13-4-7-17(23)18(10-13)24-19(26)12-30-20(27)15-11-14(5-6-16(15)22)31(28,29)25-8-2-1-3-9-25/h4-7,10-11H,1-3,8-9,12H2,(H,24,26). The second-order valence-electron chi connectivity index (χ2n) is 6.85. The fourth-order valence-corrected chi connectivity index (χ4v) is 4.97. The van der Waals surface area contributed by atoms with Crippen LogP contribution in [-0.2, 0) is 19.6 Å². The lowest BCUT2D eigenvalue weighted by molar-refractivity contribution is -0.119. The van der Waals surface area contributed by atoms with Gasteiger partial charge in [0.1, 0.15) is 5.82 Å². The summed E-state index contributed by atoms with van der Waals surface area (Å²) in [5.74, 6) is -2.49. The van der Waals surface area contributed by atoms with Crippen molar-refractivity contribution in [2.75, 3.05) is 25.0 Å². The number of piperidine rings is 1. The zero-order valence-electron chi connectivity index (χ0n) is 16.2. The fraction of sp³-hybridized carbons (Fsp3) is 0.300. The van der Waals surface area contributed by atoms with E-state index in [1.165, 1.54) is 28.6 Å². The van der Waals surface area contributed by atoms with Crippen LogP contribution in [0.1, 0.15) is 29.6 Å². The molecule has 0 atom stereocenters. The number of nitrogens with zero attached hydrogens (tertiary/aromatic N) is 1. The van der Waals surface area contributed by atoms with Crippen molar-refractivity contribution in [1.82, 2.24) is 4.31 Å². The van der Waals surface area contributed by atoms with Gasteiger partial charge in [0.2, 0.25) is 10.0 Å². The second kappa shape index (κ2) is 9.95. The van der Waals surface area contributed by atoms with Gasteiger partial charge in [0, 0.05) is 18.1 Å². The Morgan fingerprint density at radius 1 is 1.06 bits per heavy atom. The van der Waals surface area contributed by atoms with Crippen molar-refractivity contribution < 1.29 is 27.1 Å². The lowest BCUT2D eigenvalue weighted by Crippen LogP contribution is -2.35. The SMILES string of the molecule is O=C(COC(=O)c1cc(S(=O)(=O)N2CCCCC2)ccc1Cl)Nc1cc(Cl)ccc1F. The van der Waals surface area contributed by atoms with Gasteiger partial charge >= 0.3 is 5.97 Å². The van der Waals surface area contributed by atoms with E-state index in [-0.39, 0.29) is 26.2 Å². The van der Waals surface area contributed by atoms with E-state index in [4.69, 9.17) is 27.9 Å². The number of halogens is 3. The van der Waals surface area contributed by atoms with Crippen LogP contribution in [0, 0.1) is 5.82 Å². The van der Waals surface area contributed by atoms with Crippen LogP contribution in [0.5, 0.6) is 0 Å². The van der Waals surface area contributed by atoms with Crippen LogP contribution in [0.3, 0.4) is 0 Å². The molecule has 1 heterocycles. The Bertz CT molecular complexity index is 1100. The van der Waals surface area contributed by atoms with Gasteiger partial charge in [-0.3, -0.25) is 4.79 Å². The number of sulfonamides is 1. The molecule has 2 aromatic carbocycles. The predicted octanol–water partition coefficient (Wildman–Crippen LogP) is 4.10. The molecule has 0 aromatic heterocycles. The maximum absolute atomic E-state index is 13.7. The fourth-order valence-electron chi connectivity index (χ4n) is 3.06. The molecule has 11 heteroatoms. The zero-order valence-corrected chi connectivity index (χ0v) is 18.6. The smallest absolute Gasteiger partial charge is 0.340 e. The van der Waals surface area contributed by atoms with Crippen LogP contribution in [0.4, 0.5) is 10.1 Å². The van der Waals surface area contributed by atoms with Crippen LogP contribution in [0.25, 0.3) is 0 Å². The summed E-state index contributed by atoms with van der Waals surface area (Å²) in [4.78, 5) is 24.3. The van der Waals surface area contributed by atoms with E-state index in [0.29, 0.717) is 13.1 Å². The minimum Gasteiger partial charge on any atom is -0.452 e. The van der Waals surface area contributed by atoms with Gasteiger partial charge in [0.15, 0.2) is 6.61 Å². The van der Waals surface area contributed by atoms with Crippen molar-refractivity contribution in [3.05, 3.63) is 57.8 Å². The number of rotatable bonds is 6. The predicted molar refractivity (Wildman–Crippen MR) is 114 cm³/mol. The number of esters is 1. The average molecular weight is 489 g/mol. The Hall–Kier alpha value is -2.20. The molecule has 0 aliphatic carbocycles. The number of carbonyl (C=O) groups excluding carboxylic acids is 2. The van der Waals surface area contributed by atoms with Crippen molar-refractivity contribution in [3.63, 3.8) is 0 Å². The number of amides is 1. The van der Waals surface area contributed by atoms with Gasteiger partial charge in [-0.05, 0) is 49.2 Å². The number of hydrogen-bond acceptors (Lipinski definition) is 5.